The van der Waals surface area contributed by atoms with Gasteiger partial charge < -0.3 is 0 Å². The van der Waals surface area contributed by atoms with Crippen LogP contribution < -0.4 is 4.90 Å². The van der Waals surface area contributed by atoms with Crippen molar-refractivity contribution in [2.45, 2.75) is 23.8 Å². The lowest BCUT2D eigenvalue weighted by molar-refractivity contribution is -0.122. The summed E-state index contributed by atoms with van der Waals surface area (Å²) in [6.45, 7) is 0.0547. The van der Waals surface area contributed by atoms with Crippen molar-refractivity contribution < 1.29 is 18.0 Å². The van der Waals surface area contributed by atoms with Gasteiger partial charge in [-0.2, -0.15) is 4.31 Å². The zero-order valence-electron chi connectivity index (χ0n) is 17.4. The lowest BCUT2D eigenvalue weighted by atomic mass is 10.1. The van der Waals surface area contributed by atoms with E-state index >= 15 is 0 Å². The molecule has 3 aromatic rings. The van der Waals surface area contributed by atoms with Crippen LogP contribution >= 0.6 is 34.2 Å². The number of sulfonamides is 1. The van der Waals surface area contributed by atoms with Crippen molar-refractivity contribution in [2.24, 2.45) is 0 Å². The van der Waals surface area contributed by atoms with Crippen LogP contribution in [0.25, 0.3) is 0 Å². The van der Waals surface area contributed by atoms with Crippen LogP contribution in [0.2, 0.25) is 5.02 Å². The monoisotopic (exact) mass is 594 g/mol. The second-order valence-electron chi connectivity index (χ2n) is 7.57. The smallest absolute Gasteiger partial charge is 0.252 e. The maximum absolute atomic E-state index is 13.6. The van der Waals surface area contributed by atoms with Gasteiger partial charge in [-0.3, -0.25) is 9.59 Å². The lowest BCUT2D eigenvalue weighted by Gasteiger charge is -2.27. The van der Waals surface area contributed by atoms with Crippen LogP contribution in [0.4, 0.5) is 5.69 Å². The molecule has 0 bridgehead atoms. The second-order valence-corrected chi connectivity index (χ2v) is 11.1. The quantitative estimate of drug-likeness (QED) is 0.298. The Hall–Kier alpha value is -2.27. The third-order valence-corrected chi connectivity index (χ3v) is 8.33. The van der Waals surface area contributed by atoms with Crippen molar-refractivity contribution >= 4 is 61.7 Å². The third-order valence-electron chi connectivity index (χ3n) is 5.44. The van der Waals surface area contributed by atoms with Crippen molar-refractivity contribution in [1.82, 2.24) is 4.31 Å². The number of carbonyl (C=O) groups is 2. The minimum Gasteiger partial charge on any atom is -0.274 e. The van der Waals surface area contributed by atoms with Crippen molar-refractivity contribution in [1.29, 1.82) is 0 Å². The topological polar surface area (TPSA) is 74.8 Å². The summed E-state index contributed by atoms with van der Waals surface area (Å²) in [5.74, 6) is -0.978. The van der Waals surface area contributed by atoms with E-state index in [9.17, 15) is 18.0 Å². The van der Waals surface area contributed by atoms with Crippen LogP contribution in [0.3, 0.4) is 0 Å². The van der Waals surface area contributed by atoms with Gasteiger partial charge >= 0.3 is 0 Å². The number of anilines is 1. The van der Waals surface area contributed by atoms with Gasteiger partial charge in [-0.25, -0.2) is 13.3 Å². The number of nitrogens with zero attached hydrogens (tertiary/aromatic N) is 2. The summed E-state index contributed by atoms with van der Waals surface area (Å²) in [5, 5.41) is 0.404. The summed E-state index contributed by atoms with van der Waals surface area (Å²) in [6, 6.07) is 21.0. The van der Waals surface area contributed by atoms with Crippen molar-refractivity contribution in [3.8, 4) is 0 Å². The van der Waals surface area contributed by atoms with E-state index in [2.05, 4.69) is 22.6 Å². The van der Waals surface area contributed by atoms with Gasteiger partial charge in [0.25, 0.3) is 5.91 Å². The lowest BCUT2D eigenvalue weighted by Crippen LogP contribution is -2.46. The molecule has 3 aromatic carbocycles. The molecular formula is C24H20ClIN2O4S. The van der Waals surface area contributed by atoms with Crippen LogP contribution in [0.5, 0.6) is 0 Å². The number of halogens is 2. The molecule has 2 amide bonds. The van der Waals surface area contributed by atoms with Crippen molar-refractivity contribution in [2.75, 3.05) is 11.4 Å². The van der Waals surface area contributed by atoms with E-state index in [1.807, 2.05) is 30.3 Å². The predicted molar refractivity (Wildman–Crippen MR) is 136 cm³/mol. The number of rotatable bonds is 7. The van der Waals surface area contributed by atoms with E-state index in [1.165, 1.54) is 24.3 Å². The molecule has 0 aromatic heterocycles. The summed E-state index contributed by atoms with van der Waals surface area (Å²) >= 11 is 8.07. The molecule has 0 spiro atoms. The van der Waals surface area contributed by atoms with Crippen LogP contribution in [-0.2, 0) is 26.0 Å². The minimum atomic E-state index is -4.07. The summed E-state index contributed by atoms with van der Waals surface area (Å²) in [6.07, 6.45) is 0.182. The predicted octanol–water partition coefficient (Wildman–Crippen LogP) is 4.51. The highest BCUT2D eigenvalue weighted by atomic mass is 127. The number of hydrogen-bond donors (Lipinski definition) is 0. The summed E-state index contributed by atoms with van der Waals surface area (Å²) in [4.78, 5) is 27.3. The van der Waals surface area contributed by atoms with E-state index in [-0.39, 0.29) is 17.9 Å². The summed E-state index contributed by atoms with van der Waals surface area (Å²) < 4.78 is 29.3. The van der Waals surface area contributed by atoms with Gasteiger partial charge in [-0.15, -0.1) is 0 Å². The fourth-order valence-electron chi connectivity index (χ4n) is 3.77. The largest absolute Gasteiger partial charge is 0.274 e. The van der Waals surface area contributed by atoms with E-state index in [1.54, 1.807) is 24.3 Å². The molecule has 9 heteroatoms. The number of amides is 2. The molecule has 0 saturated carbocycles. The molecular weight excluding hydrogens is 575 g/mol. The number of imide groups is 1. The van der Waals surface area contributed by atoms with Gasteiger partial charge in [0.15, 0.2) is 0 Å². The number of hydrogen-bond acceptors (Lipinski definition) is 4. The number of carbonyl (C=O) groups excluding carboxylic acids is 2. The molecule has 0 N–H and O–H groups in total. The van der Waals surface area contributed by atoms with Crippen LogP contribution in [0, 0.1) is 3.57 Å². The Morgan fingerprint density at radius 1 is 0.939 bits per heavy atom. The van der Waals surface area contributed by atoms with E-state index in [0.717, 1.165) is 18.3 Å². The highest BCUT2D eigenvalue weighted by Gasteiger charge is 2.46. The zero-order chi connectivity index (χ0) is 23.6. The Morgan fingerprint density at radius 2 is 1.58 bits per heavy atom. The molecule has 1 atom stereocenters. The second kappa shape index (κ2) is 9.92. The SMILES string of the molecule is O=C1CC(N(CCc2ccccc2)S(=O)(=O)c2ccc(Cl)cc2)C(=O)N1c1ccc(I)cc1. The van der Waals surface area contributed by atoms with E-state index in [4.69, 9.17) is 11.6 Å². The van der Waals surface area contributed by atoms with Crippen molar-refractivity contribution in [3.05, 3.63) is 93.0 Å². The molecule has 0 aliphatic carbocycles. The third kappa shape index (κ3) is 5.13. The average Bonchev–Trinajstić information content (AvgIpc) is 3.09. The molecule has 1 fully saturated rings. The molecule has 1 saturated heterocycles. The molecule has 1 aliphatic heterocycles. The first kappa shape index (κ1) is 23.9. The molecule has 4 rings (SSSR count). The maximum atomic E-state index is 13.6. The van der Waals surface area contributed by atoms with Crippen LogP contribution in [0.1, 0.15) is 12.0 Å². The Morgan fingerprint density at radius 3 is 2.21 bits per heavy atom. The van der Waals surface area contributed by atoms with Gasteiger partial charge in [-0.1, -0.05) is 41.9 Å². The Labute approximate surface area is 211 Å². The highest BCUT2D eigenvalue weighted by molar-refractivity contribution is 14.1. The first-order valence-corrected chi connectivity index (χ1v) is 13.1. The molecule has 0 radical (unpaired) electrons. The van der Waals surface area contributed by atoms with Gasteiger partial charge in [0.05, 0.1) is 17.0 Å². The Bertz CT molecular complexity index is 1270. The highest BCUT2D eigenvalue weighted by Crippen LogP contribution is 2.30. The first-order valence-electron chi connectivity index (χ1n) is 10.2. The molecule has 1 aliphatic rings. The van der Waals surface area contributed by atoms with Gasteiger partial charge in [0.1, 0.15) is 6.04 Å². The molecule has 1 unspecified atom stereocenters. The Balaban J connectivity index is 1.69. The first-order chi connectivity index (χ1) is 15.8. The summed E-state index contributed by atoms with van der Waals surface area (Å²) in [5.41, 5.74) is 1.36. The van der Waals surface area contributed by atoms with Crippen LogP contribution in [0.15, 0.2) is 83.8 Å². The van der Waals surface area contributed by atoms with Gasteiger partial charge in [-0.05, 0) is 83.1 Å². The zero-order valence-corrected chi connectivity index (χ0v) is 21.1. The van der Waals surface area contributed by atoms with Crippen LogP contribution in [-0.4, -0.2) is 37.1 Å². The Kier molecular flexibility index (Phi) is 7.18. The van der Waals surface area contributed by atoms with E-state index < -0.39 is 27.9 Å². The molecule has 33 heavy (non-hydrogen) atoms. The standard InChI is InChI=1S/C24H20ClIN2O4S/c25-18-6-12-21(13-7-18)33(31,32)27(15-14-17-4-2-1-3-5-17)22-16-23(29)28(24(22)30)20-10-8-19(26)9-11-20/h1-13,22H,14-16H2. The maximum Gasteiger partial charge on any atom is 0.252 e. The molecule has 6 nitrogen and oxygen atoms in total. The van der Waals surface area contributed by atoms with E-state index in [0.29, 0.717) is 17.1 Å². The fourth-order valence-corrected chi connectivity index (χ4v) is 5.84. The van der Waals surface area contributed by atoms with Crippen molar-refractivity contribution in [3.63, 3.8) is 0 Å². The molecule has 1 heterocycles. The summed E-state index contributed by atoms with van der Waals surface area (Å²) in [7, 11) is -4.07. The minimum absolute atomic E-state index is 0.0212. The molecule has 170 valence electrons. The number of benzene rings is 3. The van der Waals surface area contributed by atoms with Gasteiger partial charge in [0, 0.05) is 15.1 Å². The average molecular weight is 595 g/mol. The fraction of sp³-hybridized carbons (Fsp3) is 0.167. The van der Waals surface area contributed by atoms with Gasteiger partial charge in [0.2, 0.25) is 15.9 Å². The normalized spacial score (nSPS) is 16.6.